The molecule has 0 bridgehead atoms. The number of rotatable bonds is 5. The lowest BCUT2D eigenvalue weighted by Crippen LogP contribution is -2.58. The molecule has 4 aromatic rings. The highest BCUT2D eigenvalue weighted by Crippen LogP contribution is 2.40. The van der Waals surface area contributed by atoms with Gasteiger partial charge in [0, 0.05) is 43.4 Å². The number of imidazole rings is 1. The molecule has 0 saturated carbocycles. The molecular formula is C30H34F2N8. The van der Waals surface area contributed by atoms with Gasteiger partial charge in [-0.05, 0) is 82.4 Å². The van der Waals surface area contributed by atoms with Crippen LogP contribution in [-0.2, 0) is 18.5 Å². The Morgan fingerprint density at radius 1 is 0.950 bits per heavy atom. The van der Waals surface area contributed by atoms with Crippen molar-refractivity contribution < 1.29 is 8.78 Å². The third kappa shape index (κ3) is 4.43. The molecule has 3 aromatic heterocycles. The number of anilines is 2. The van der Waals surface area contributed by atoms with Crippen molar-refractivity contribution in [3.63, 3.8) is 0 Å². The van der Waals surface area contributed by atoms with Crippen molar-refractivity contribution in [2.24, 2.45) is 5.41 Å². The third-order valence-electron chi connectivity index (χ3n) is 8.96. The molecule has 0 atom stereocenters. The predicted molar refractivity (Wildman–Crippen MR) is 150 cm³/mol. The zero-order valence-electron chi connectivity index (χ0n) is 23.2. The molecule has 2 fully saturated rings. The van der Waals surface area contributed by atoms with Crippen LogP contribution in [0.5, 0.6) is 0 Å². The number of halogens is 2. The maximum absolute atomic E-state index is 15.1. The fourth-order valence-electron chi connectivity index (χ4n) is 6.89. The van der Waals surface area contributed by atoms with Crippen LogP contribution < -0.4 is 5.32 Å². The number of nitrogens with zero attached hydrogens (tertiary/aromatic N) is 7. The van der Waals surface area contributed by atoms with Gasteiger partial charge < -0.3 is 14.8 Å². The Morgan fingerprint density at radius 3 is 2.48 bits per heavy atom. The molecule has 0 amide bonds. The van der Waals surface area contributed by atoms with E-state index in [2.05, 4.69) is 60.5 Å². The quantitative estimate of drug-likeness (QED) is 0.374. The standard InChI is InChI=1S/C30H34F2N8/c1-29(2)7-6-25-36-27-21(31)12-20(13-23(27)40(25)29)26-22(32)15-34-28(37-26)35-24-5-4-19(14-33-24)16-39-10-8-30(9-11-39)17-38(3)18-30/h4-5,12-15H,6-11,16-18H2,1-3H3,(H,33,34,35,37). The van der Waals surface area contributed by atoms with Gasteiger partial charge in [-0.3, -0.25) is 4.90 Å². The van der Waals surface area contributed by atoms with E-state index in [0.717, 1.165) is 50.1 Å². The molecule has 2 saturated heterocycles. The number of pyridine rings is 1. The van der Waals surface area contributed by atoms with Crippen molar-refractivity contribution in [2.75, 3.05) is 38.5 Å². The predicted octanol–water partition coefficient (Wildman–Crippen LogP) is 5.12. The molecule has 6 heterocycles. The van der Waals surface area contributed by atoms with Gasteiger partial charge in [-0.25, -0.2) is 28.7 Å². The first-order chi connectivity index (χ1) is 19.2. The Morgan fingerprint density at radius 2 is 1.75 bits per heavy atom. The van der Waals surface area contributed by atoms with E-state index in [9.17, 15) is 4.39 Å². The van der Waals surface area contributed by atoms with E-state index in [4.69, 9.17) is 0 Å². The minimum atomic E-state index is -0.620. The fraction of sp³-hybridized carbons (Fsp3) is 0.467. The first kappa shape index (κ1) is 25.5. The van der Waals surface area contributed by atoms with Crippen LogP contribution in [-0.4, -0.2) is 67.5 Å². The molecular weight excluding hydrogens is 510 g/mol. The van der Waals surface area contributed by atoms with Crippen LogP contribution in [0.1, 0.15) is 44.5 Å². The van der Waals surface area contributed by atoms with Gasteiger partial charge >= 0.3 is 0 Å². The smallest absolute Gasteiger partial charge is 0.229 e. The van der Waals surface area contributed by atoms with Crippen LogP contribution in [0, 0.1) is 17.0 Å². The van der Waals surface area contributed by atoms with Crippen LogP contribution in [0.2, 0.25) is 0 Å². The summed E-state index contributed by atoms with van der Waals surface area (Å²) >= 11 is 0. The molecule has 1 N–H and O–H groups in total. The number of nitrogens with one attached hydrogen (secondary N) is 1. The summed E-state index contributed by atoms with van der Waals surface area (Å²) in [6, 6.07) is 7.01. The number of hydrogen-bond donors (Lipinski definition) is 1. The van der Waals surface area contributed by atoms with Crippen molar-refractivity contribution in [2.45, 2.75) is 51.6 Å². The van der Waals surface area contributed by atoms with Gasteiger partial charge in [-0.1, -0.05) is 6.07 Å². The highest BCUT2D eigenvalue weighted by atomic mass is 19.1. The number of likely N-dealkylation sites (tertiary alicyclic amines) is 2. The van der Waals surface area contributed by atoms with Gasteiger partial charge in [0.2, 0.25) is 5.95 Å². The number of piperidine rings is 1. The normalized spacial score (nSPS) is 20.1. The summed E-state index contributed by atoms with van der Waals surface area (Å²) in [5, 5.41) is 3.07. The van der Waals surface area contributed by atoms with E-state index in [1.54, 1.807) is 6.07 Å². The molecule has 0 aliphatic carbocycles. The second-order valence-corrected chi connectivity index (χ2v) is 12.5. The van der Waals surface area contributed by atoms with Gasteiger partial charge in [0.25, 0.3) is 0 Å². The Kier molecular flexibility index (Phi) is 5.90. The average Bonchev–Trinajstić information content (AvgIpc) is 3.44. The number of aromatic nitrogens is 5. The molecule has 10 heteroatoms. The third-order valence-corrected chi connectivity index (χ3v) is 8.96. The lowest BCUT2D eigenvalue weighted by Gasteiger charge is -2.53. The summed E-state index contributed by atoms with van der Waals surface area (Å²) in [5.41, 5.74) is 2.84. The topological polar surface area (TPSA) is 75.0 Å². The minimum Gasteiger partial charge on any atom is -0.322 e. The molecule has 7 rings (SSSR count). The number of benzene rings is 1. The second-order valence-electron chi connectivity index (χ2n) is 12.5. The van der Waals surface area contributed by atoms with Crippen molar-refractivity contribution in [3.8, 4) is 11.3 Å². The zero-order valence-corrected chi connectivity index (χ0v) is 23.2. The average molecular weight is 545 g/mol. The van der Waals surface area contributed by atoms with Crippen LogP contribution >= 0.6 is 0 Å². The molecule has 8 nitrogen and oxygen atoms in total. The van der Waals surface area contributed by atoms with Crippen LogP contribution in [0.15, 0.2) is 36.7 Å². The highest BCUT2D eigenvalue weighted by Gasteiger charge is 2.42. The van der Waals surface area contributed by atoms with Crippen LogP contribution in [0.25, 0.3) is 22.3 Å². The maximum Gasteiger partial charge on any atom is 0.229 e. The van der Waals surface area contributed by atoms with Crippen molar-refractivity contribution >= 4 is 22.8 Å². The van der Waals surface area contributed by atoms with E-state index in [1.807, 2.05) is 18.3 Å². The molecule has 0 unspecified atom stereocenters. The van der Waals surface area contributed by atoms with E-state index >= 15 is 4.39 Å². The number of fused-ring (bicyclic) bond motifs is 3. The van der Waals surface area contributed by atoms with Gasteiger partial charge in [0.15, 0.2) is 11.6 Å². The van der Waals surface area contributed by atoms with Gasteiger partial charge in [-0.15, -0.1) is 0 Å². The summed E-state index contributed by atoms with van der Waals surface area (Å²) in [7, 11) is 2.20. The molecule has 1 spiro atoms. The lowest BCUT2D eigenvalue weighted by atomic mass is 9.72. The number of aryl methyl sites for hydroxylation is 1. The molecule has 40 heavy (non-hydrogen) atoms. The summed E-state index contributed by atoms with van der Waals surface area (Å²) < 4.78 is 32.1. The van der Waals surface area contributed by atoms with Crippen LogP contribution in [0.4, 0.5) is 20.5 Å². The van der Waals surface area contributed by atoms with E-state index in [1.165, 1.54) is 32.0 Å². The first-order valence-electron chi connectivity index (χ1n) is 14.1. The van der Waals surface area contributed by atoms with E-state index in [-0.39, 0.29) is 17.2 Å². The fourth-order valence-corrected chi connectivity index (χ4v) is 6.89. The summed E-state index contributed by atoms with van der Waals surface area (Å²) in [6.45, 7) is 9.78. The SMILES string of the molecule is CN1CC2(CCN(Cc3ccc(Nc4ncc(F)c(-c5cc(F)c6nc7n(c6c5)C(C)(C)CC7)n4)nc3)CC2)C1. The monoisotopic (exact) mass is 544 g/mol. The summed E-state index contributed by atoms with van der Waals surface area (Å²) in [6.07, 6.45) is 7.19. The van der Waals surface area contributed by atoms with E-state index < -0.39 is 11.6 Å². The molecule has 3 aliphatic rings. The van der Waals surface area contributed by atoms with Crippen molar-refractivity contribution in [1.82, 2.24) is 34.3 Å². The van der Waals surface area contributed by atoms with E-state index in [0.29, 0.717) is 27.8 Å². The number of hydrogen-bond acceptors (Lipinski definition) is 7. The van der Waals surface area contributed by atoms with Gasteiger partial charge in [-0.2, -0.15) is 0 Å². The summed E-state index contributed by atoms with van der Waals surface area (Å²) in [5.74, 6) is 0.506. The van der Waals surface area contributed by atoms with Gasteiger partial charge in [0.05, 0.1) is 11.7 Å². The minimum absolute atomic E-state index is 0.0294. The Labute approximate surface area is 232 Å². The summed E-state index contributed by atoms with van der Waals surface area (Å²) in [4.78, 5) is 22.5. The van der Waals surface area contributed by atoms with Crippen LogP contribution in [0.3, 0.4) is 0 Å². The largest absolute Gasteiger partial charge is 0.322 e. The lowest BCUT2D eigenvalue weighted by molar-refractivity contribution is -0.0329. The molecule has 208 valence electrons. The Bertz CT molecular complexity index is 1580. The first-order valence-corrected chi connectivity index (χ1v) is 14.1. The Balaban J connectivity index is 1.08. The van der Waals surface area contributed by atoms with Crippen molar-refractivity contribution in [1.29, 1.82) is 0 Å². The highest BCUT2D eigenvalue weighted by molar-refractivity contribution is 5.83. The van der Waals surface area contributed by atoms with Crippen molar-refractivity contribution in [3.05, 3.63) is 59.7 Å². The maximum atomic E-state index is 15.1. The van der Waals surface area contributed by atoms with Gasteiger partial charge in [0.1, 0.15) is 22.9 Å². The molecule has 3 aliphatic heterocycles. The Hall–Kier alpha value is -3.50. The zero-order chi connectivity index (χ0) is 27.6. The molecule has 0 radical (unpaired) electrons. The molecule has 1 aromatic carbocycles. The second kappa shape index (κ2) is 9.27.